The average molecular weight is 410 g/mol. The molecule has 1 aromatic heterocycles. The molecule has 3 N–H and O–H groups in total. The van der Waals surface area contributed by atoms with Gasteiger partial charge in [-0.3, -0.25) is 4.79 Å². The van der Waals surface area contributed by atoms with Crippen molar-refractivity contribution in [1.29, 1.82) is 0 Å². The number of benzene rings is 1. The Morgan fingerprint density at radius 2 is 2.00 bits per heavy atom. The zero-order chi connectivity index (χ0) is 20.9. The highest BCUT2D eigenvalue weighted by Gasteiger charge is 2.22. The van der Waals surface area contributed by atoms with Gasteiger partial charge in [-0.15, -0.1) is 0 Å². The summed E-state index contributed by atoms with van der Waals surface area (Å²) in [5.41, 5.74) is 4.86. The van der Waals surface area contributed by atoms with E-state index in [1.165, 1.54) is 0 Å². The first kappa shape index (κ1) is 20.8. The summed E-state index contributed by atoms with van der Waals surface area (Å²) in [4.78, 5) is 21.4. The van der Waals surface area contributed by atoms with Crippen LogP contribution in [0, 0.1) is 6.92 Å². The lowest BCUT2D eigenvalue weighted by atomic mass is 9.91. The van der Waals surface area contributed by atoms with Gasteiger partial charge in [-0.2, -0.15) is 0 Å². The third-order valence-corrected chi connectivity index (χ3v) is 6.07. The fourth-order valence-electron chi connectivity index (χ4n) is 4.37. The van der Waals surface area contributed by atoms with E-state index in [4.69, 9.17) is 9.72 Å². The molecule has 2 heterocycles. The first-order valence-electron chi connectivity index (χ1n) is 10.9. The molecule has 1 fully saturated rings. The van der Waals surface area contributed by atoms with E-state index in [1.807, 2.05) is 25.3 Å². The van der Waals surface area contributed by atoms with Crippen molar-refractivity contribution in [2.24, 2.45) is 0 Å². The molecule has 1 aliphatic heterocycles. The molecule has 0 spiro atoms. The number of aromatic nitrogens is 2. The molecule has 0 unspecified atom stereocenters. The highest BCUT2D eigenvalue weighted by Crippen LogP contribution is 2.27. The largest absolute Gasteiger partial charge is 0.383 e. The zero-order valence-electron chi connectivity index (χ0n) is 17.8. The summed E-state index contributed by atoms with van der Waals surface area (Å²) >= 11 is 0. The number of aryl methyl sites for hydroxylation is 1. The van der Waals surface area contributed by atoms with Crippen LogP contribution in [0.25, 0.3) is 11.3 Å². The molecule has 1 saturated carbocycles. The highest BCUT2D eigenvalue weighted by molar-refractivity contribution is 5.97. The minimum Gasteiger partial charge on any atom is -0.383 e. The first-order chi connectivity index (χ1) is 14.6. The summed E-state index contributed by atoms with van der Waals surface area (Å²) in [7, 11) is 1.74. The lowest BCUT2D eigenvalue weighted by Crippen LogP contribution is -2.38. The average Bonchev–Trinajstić information content (AvgIpc) is 2.76. The monoisotopic (exact) mass is 409 g/mol. The van der Waals surface area contributed by atoms with Gasteiger partial charge in [-0.1, -0.05) is 6.07 Å². The van der Waals surface area contributed by atoms with Crippen LogP contribution < -0.4 is 16.0 Å². The van der Waals surface area contributed by atoms with E-state index in [9.17, 15) is 4.79 Å². The van der Waals surface area contributed by atoms with Crippen molar-refractivity contribution in [3.05, 3.63) is 41.1 Å². The van der Waals surface area contributed by atoms with Gasteiger partial charge in [0.05, 0.1) is 12.3 Å². The van der Waals surface area contributed by atoms with E-state index in [2.05, 4.69) is 27.0 Å². The molecule has 7 nitrogen and oxygen atoms in total. The van der Waals surface area contributed by atoms with Gasteiger partial charge in [0, 0.05) is 49.6 Å². The number of nitrogens with zero attached hydrogens (tertiary/aromatic N) is 2. The number of fused-ring (bicyclic) bond motifs is 1. The minimum absolute atomic E-state index is 0.0110. The van der Waals surface area contributed by atoms with E-state index in [0.29, 0.717) is 24.6 Å². The Kier molecular flexibility index (Phi) is 6.59. The maximum atomic E-state index is 12.0. The van der Waals surface area contributed by atoms with Crippen LogP contribution in [0.15, 0.2) is 24.4 Å². The Morgan fingerprint density at radius 3 is 2.80 bits per heavy atom. The van der Waals surface area contributed by atoms with Crippen LogP contribution in [0.1, 0.15) is 47.2 Å². The van der Waals surface area contributed by atoms with Crippen molar-refractivity contribution < 1.29 is 9.53 Å². The summed E-state index contributed by atoms with van der Waals surface area (Å²) < 4.78 is 5.12. The fraction of sp³-hybridized carbons (Fsp3) is 0.522. The maximum absolute atomic E-state index is 12.0. The second-order valence-electron chi connectivity index (χ2n) is 8.24. The Bertz CT molecular complexity index is 893. The van der Waals surface area contributed by atoms with Crippen molar-refractivity contribution in [2.75, 3.05) is 32.1 Å². The fourth-order valence-corrected chi connectivity index (χ4v) is 4.37. The van der Waals surface area contributed by atoms with Gasteiger partial charge >= 0.3 is 0 Å². The summed E-state index contributed by atoms with van der Waals surface area (Å²) in [6.07, 6.45) is 7.23. The molecule has 1 aliphatic carbocycles. The van der Waals surface area contributed by atoms with Gasteiger partial charge in [-0.25, -0.2) is 9.97 Å². The second-order valence-corrected chi connectivity index (χ2v) is 8.24. The molecule has 0 bridgehead atoms. The predicted octanol–water partition coefficient (Wildman–Crippen LogP) is 2.70. The highest BCUT2D eigenvalue weighted by atomic mass is 16.5. The van der Waals surface area contributed by atoms with Gasteiger partial charge in [0.2, 0.25) is 5.95 Å². The van der Waals surface area contributed by atoms with Crippen LogP contribution in [-0.4, -0.2) is 54.8 Å². The topological polar surface area (TPSA) is 88.2 Å². The third kappa shape index (κ3) is 4.79. The number of amides is 1. The Hall–Kier alpha value is -2.51. The lowest BCUT2D eigenvalue weighted by Gasteiger charge is -2.29. The molecule has 0 atom stereocenters. The van der Waals surface area contributed by atoms with Gasteiger partial charge in [0.15, 0.2) is 0 Å². The standard InChI is InChI=1S/C23H31N5O2/c1-15-14-26-23(27-19-6-4-18(5-7-19)24-11-12-30-2)28-21(15)17-3-8-20-16(13-17)9-10-25-22(20)29/h3,8,13-14,18-19,24H,4-7,9-12H2,1-2H3,(H,25,29)(H,26,27,28). The molecule has 2 aromatic rings. The van der Waals surface area contributed by atoms with Crippen LogP contribution in [-0.2, 0) is 11.2 Å². The molecule has 30 heavy (non-hydrogen) atoms. The normalized spacial score (nSPS) is 21.1. The number of anilines is 1. The maximum Gasteiger partial charge on any atom is 0.251 e. The van der Waals surface area contributed by atoms with E-state index < -0.39 is 0 Å². The Labute approximate surface area is 178 Å². The first-order valence-corrected chi connectivity index (χ1v) is 10.9. The van der Waals surface area contributed by atoms with Crippen LogP contribution in [0.4, 0.5) is 5.95 Å². The van der Waals surface area contributed by atoms with Crippen LogP contribution in [0.2, 0.25) is 0 Å². The van der Waals surface area contributed by atoms with Crippen molar-refractivity contribution in [3.8, 4) is 11.3 Å². The van der Waals surface area contributed by atoms with E-state index in [-0.39, 0.29) is 5.91 Å². The second kappa shape index (κ2) is 9.53. The van der Waals surface area contributed by atoms with Crippen LogP contribution in [0.3, 0.4) is 0 Å². The van der Waals surface area contributed by atoms with Gasteiger partial charge in [0.1, 0.15) is 0 Å². The molecule has 0 radical (unpaired) electrons. The predicted molar refractivity (Wildman–Crippen MR) is 118 cm³/mol. The number of ether oxygens (including phenoxy) is 1. The van der Waals surface area contributed by atoms with Crippen molar-refractivity contribution in [2.45, 2.75) is 51.1 Å². The van der Waals surface area contributed by atoms with Crippen LogP contribution >= 0.6 is 0 Å². The summed E-state index contributed by atoms with van der Waals surface area (Å²) in [5, 5.41) is 9.99. The van der Waals surface area contributed by atoms with Gasteiger partial charge in [0.25, 0.3) is 5.91 Å². The number of carbonyl (C=O) groups excluding carboxylic acids is 1. The lowest BCUT2D eigenvalue weighted by molar-refractivity contribution is 0.0946. The SMILES string of the molecule is COCCNC1CCC(Nc2ncc(C)c(-c3ccc4c(c3)CCNC4=O)n2)CC1. The quantitative estimate of drug-likeness (QED) is 0.610. The summed E-state index contributed by atoms with van der Waals surface area (Å²) in [5.74, 6) is 0.693. The number of rotatable bonds is 7. The summed E-state index contributed by atoms with van der Waals surface area (Å²) in [6, 6.07) is 6.96. The number of nitrogens with one attached hydrogen (secondary N) is 3. The molecule has 1 aromatic carbocycles. The van der Waals surface area contributed by atoms with E-state index in [0.717, 1.165) is 73.2 Å². The molecule has 4 rings (SSSR count). The molecule has 160 valence electrons. The molecule has 1 amide bonds. The molecule has 2 aliphatic rings. The van der Waals surface area contributed by atoms with E-state index in [1.54, 1.807) is 7.11 Å². The number of methoxy groups -OCH3 is 1. The number of hydrogen-bond acceptors (Lipinski definition) is 6. The Morgan fingerprint density at radius 1 is 1.20 bits per heavy atom. The molecule has 7 heteroatoms. The zero-order valence-corrected chi connectivity index (χ0v) is 17.8. The number of hydrogen-bond donors (Lipinski definition) is 3. The van der Waals surface area contributed by atoms with Crippen LogP contribution in [0.5, 0.6) is 0 Å². The summed E-state index contributed by atoms with van der Waals surface area (Å²) in [6.45, 7) is 4.38. The van der Waals surface area contributed by atoms with Gasteiger partial charge < -0.3 is 20.7 Å². The van der Waals surface area contributed by atoms with E-state index >= 15 is 0 Å². The van der Waals surface area contributed by atoms with Crippen molar-refractivity contribution in [1.82, 2.24) is 20.6 Å². The minimum atomic E-state index is 0.0110. The smallest absolute Gasteiger partial charge is 0.251 e. The van der Waals surface area contributed by atoms with Gasteiger partial charge in [-0.05, 0) is 62.3 Å². The van der Waals surface area contributed by atoms with Crippen molar-refractivity contribution in [3.63, 3.8) is 0 Å². The molecule has 0 saturated heterocycles. The Balaban J connectivity index is 1.42. The molecular formula is C23H31N5O2. The van der Waals surface area contributed by atoms with Crippen molar-refractivity contribution >= 4 is 11.9 Å². The number of carbonyl (C=O) groups is 1. The molecular weight excluding hydrogens is 378 g/mol. The third-order valence-electron chi connectivity index (χ3n) is 6.07.